The Labute approximate surface area is 129 Å². The van der Waals surface area contributed by atoms with Crippen molar-refractivity contribution in [3.05, 3.63) is 34.7 Å². The zero-order valence-corrected chi connectivity index (χ0v) is 12.9. The van der Waals surface area contributed by atoms with Crippen LogP contribution < -0.4 is 5.32 Å². The normalized spacial score (nSPS) is 15.0. The van der Waals surface area contributed by atoms with E-state index in [1.165, 1.54) is 12.8 Å². The molecular formula is C16H20ClFN2O. The predicted octanol–water partition coefficient (Wildman–Crippen LogP) is 3.72. The van der Waals surface area contributed by atoms with Crippen LogP contribution in [0.3, 0.4) is 0 Å². The zero-order valence-electron chi connectivity index (χ0n) is 12.2. The number of hydrogen-bond donors (Lipinski definition) is 1. The second-order valence-electron chi connectivity index (χ2n) is 5.61. The number of halogens is 2. The Morgan fingerprint density at radius 3 is 3.00 bits per heavy atom. The first kappa shape index (κ1) is 14.8. The van der Waals surface area contributed by atoms with E-state index in [1.807, 2.05) is 12.3 Å². The molecule has 5 heteroatoms. The molecule has 0 unspecified atom stereocenters. The first-order valence-electron chi connectivity index (χ1n) is 7.38. The van der Waals surface area contributed by atoms with Crippen LogP contribution in [-0.4, -0.2) is 24.3 Å². The van der Waals surface area contributed by atoms with E-state index in [4.69, 9.17) is 16.3 Å². The van der Waals surface area contributed by atoms with Crippen molar-refractivity contribution in [2.24, 2.45) is 0 Å². The molecule has 1 N–H and O–H groups in total. The van der Waals surface area contributed by atoms with Crippen molar-refractivity contribution >= 4 is 22.5 Å². The highest BCUT2D eigenvalue weighted by Gasteiger charge is 2.21. The van der Waals surface area contributed by atoms with Crippen LogP contribution in [0.2, 0.25) is 5.02 Å². The molecule has 2 aromatic rings. The SMILES string of the molecule is COCCCn1ccc2c(F)c(Cl)c(CNC3CC3)cc21. The molecule has 1 heterocycles. The fourth-order valence-electron chi connectivity index (χ4n) is 2.56. The highest BCUT2D eigenvalue weighted by molar-refractivity contribution is 6.32. The molecule has 3 nitrogen and oxygen atoms in total. The summed E-state index contributed by atoms with van der Waals surface area (Å²) in [6.07, 6.45) is 5.23. The maximum atomic E-state index is 14.4. The summed E-state index contributed by atoms with van der Waals surface area (Å²) in [6, 6.07) is 4.37. The highest BCUT2D eigenvalue weighted by Crippen LogP contribution is 2.30. The number of benzene rings is 1. The van der Waals surface area contributed by atoms with Crippen LogP contribution in [0.5, 0.6) is 0 Å². The molecule has 0 aliphatic heterocycles. The Morgan fingerprint density at radius 2 is 2.29 bits per heavy atom. The number of methoxy groups -OCH3 is 1. The van der Waals surface area contributed by atoms with E-state index in [0.717, 1.165) is 24.0 Å². The maximum absolute atomic E-state index is 14.4. The van der Waals surface area contributed by atoms with Crippen LogP contribution in [0, 0.1) is 5.82 Å². The standard InChI is InChI=1S/C16H20ClFN2O/c1-21-8-2-6-20-7-5-13-14(20)9-11(15(17)16(13)18)10-19-12-3-4-12/h5,7,9,12,19H,2-4,6,8,10H2,1H3. The van der Waals surface area contributed by atoms with Gasteiger partial charge in [-0.05, 0) is 37.0 Å². The second kappa shape index (κ2) is 6.34. The summed E-state index contributed by atoms with van der Waals surface area (Å²) in [5, 5.41) is 4.22. The van der Waals surface area contributed by atoms with Gasteiger partial charge in [0.05, 0.1) is 10.5 Å². The van der Waals surface area contributed by atoms with Gasteiger partial charge in [0.15, 0.2) is 5.82 Å². The van der Waals surface area contributed by atoms with Gasteiger partial charge in [0, 0.05) is 44.4 Å². The van der Waals surface area contributed by atoms with Gasteiger partial charge in [-0.15, -0.1) is 0 Å². The lowest BCUT2D eigenvalue weighted by molar-refractivity contribution is 0.190. The van der Waals surface area contributed by atoms with Crippen LogP contribution in [0.1, 0.15) is 24.8 Å². The van der Waals surface area contributed by atoms with Gasteiger partial charge >= 0.3 is 0 Å². The third kappa shape index (κ3) is 3.23. The number of ether oxygens (including phenoxy) is 1. The fourth-order valence-corrected chi connectivity index (χ4v) is 2.79. The van der Waals surface area contributed by atoms with Crippen LogP contribution in [0.4, 0.5) is 4.39 Å². The number of fused-ring (bicyclic) bond motifs is 1. The summed E-state index contributed by atoms with van der Waals surface area (Å²) in [6.45, 7) is 2.14. The smallest absolute Gasteiger partial charge is 0.151 e. The minimum absolute atomic E-state index is 0.241. The predicted molar refractivity (Wildman–Crippen MR) is 83.3 cm³/mol. The van der Waals surface area contributed by atoms with E-state index in [1.54, 1.807) is 13.2 Å². The van der Waals surface area contributed by atoms with Crippen molar-refractivity contribution in [2.45, 2.75) is 38.4 Å². The van der Waals surface area contributed by atoms with Gasteiger partial charge in [0.2, 0.25) is 0 Å². The molecule has 1 saturated carbocycles. The zero-order chi connectivity index (χ0) is 14.8. The Morgan fingerprint density at radius 1 is 1.48 bits per heavy atom. The summed E-state index contributed by atoms with van der Waals surface area (Å²) < 4.78 is 21.5. The third-order valence-electron chi connectivity index (χ3n) is 3.93. The molecule has 114 valence electrons. The van der Waals surface area contributed by atoms with Crippen molar-refractivity contribution in [1.29, 1.82) is 0 Å². The van der Waals surface area contributed by atoms with Gasteiger partial charge < -0.3 is 14.6 Å². The number of hydrogen-bond acceptors (Lipinski definition) is 2. The van der Waals surface area contributed by atoms with E-state index < -0.39 is 0 Å². The molecule has 0 radical (unpaired) electrons. The van der Waals surface area contributed by atoms with E-state index in [2.05, 4.69) is 9.88 Å². The van der Waals surface area contributed by atoms with Crippen molar-refractivity contribution < 1.29 is 9.13 Å². The molecule has 0 atom stereocenters. The molecule has 1 fully saturated rings. The minimum atomic E-state index is -0.313. The molecule has 1 aliphatic carbocycles. The van der Waals surface area contributed by atoms with Crippen molar-refractivity contribution in [1.82, 2.24) is 9.88 Å². The quantitative estimate of drug-likeness (QED) is 0.789. The monoisotopic (exact) mass is 310 g/mol. The van der Waals surface area contributed by atoms with Gasteiger partial charge in [-0.2, -0.15) is 0 Å². The Bertz CT molecular complexity index is 637. The lowest BCUT2D eigenvalue weighted by atomic mass is 10.1. The Hall–Kier alpha value is -1.10. The number of aromatic nitrogens is 1. The van der Waals surface area contributed by atoms with Crippen LogP contribution in [0.25, 0.3) is 10.9 Å². The lowest BCUT2D eigenvalue weighted by Crippen LogP contribution is -2.16. The number of nitrogens with zero attached hydrogens (tertiary/aromatic N) is 1. The van der Waals surface area contributed by atoms with Crippen molar-refractivity contribution in [2.75, 3.05) is 13.7 Å². The summed E-state index contributed by atoms with van der Waals surface area (Å²) >= 11 is 6.17. The van der Waals surface area contributed by atoms with Gasteiger partial charge in [0.1, 0.15) is 0 Å². The van der Waals surface area contributed by atoms with E-state index >= 15 is 0 Å². The van der Waals surface area contributed by atoms with Crippen LogP contribution in [-0.2, 0) is 17.8 Å². The minimum Gasteiger partial charge on any atom is -0.385 e. The second-order valence-corrected chi connectivity index (χ2v) is 5.99. The lowest BCUT2D eigenvalue weighted by Gasteiger charge is -2.10. The highest BCUT2D eigenvalue weighted by atomic mass is 35.5. The topological polar surface area (TPSA) is 26.2 Å². The van der Waals surface area contributed by atoms with E-state index in [9.17, 15) is 4.39 Å². The van der Waals surface area contributed by atoms with Crippen molar-refractivity contribution in [3.63, 3.8) is 0 Å². The molecule has 0 bridgehead atoms. The van der Waals surface area contributed by atoms with Crippen molar-refractivity contribution in [3.8, 4) is 0 Å². The summed E-state index contributed by atoms with van der Waals surface area (Å²) in [7, 11) is 1.69. The van der Waals surface area contributed by atoms with Gasteiger partial charge in [-0.3, -0.25) is 0 Å². The van der Waals surface area contributed by atoms with E-state index in [-0.39, 0.29) is 10.8 Å². The molecule has 21 heavy (non-hydrogen) atoms. The maximum Gasteiger partial charge on any atom is 0.151 e. The molecule has 1 aliphatic rings. The average Bonchev–Trinajstić information content (AvgIpc) is 3.22. The first-order valence-corrected chi connectivity index (χ1v) is 7.76. The molecule has 0 amide bonds. The fraction of sp³-hybridized carbons (Fsp3) is 0.500. The van der Waals surface area contributed by atoms with Gasteiger partial charge in [-0.1, -0.05) is 11.6 Å². The molecular weight excluding hydrogens is 291 g/mol. The van der Waals surface area contributed by atoms with Crippen LogP contribution >= 0.6 is 11.6 Å². The number of nitrogens with one attached hydrogen (secondary N) is 1. The summed E-state index contributed by atoms with van der Waals surface area (Å²) in [5.74, 6) is -0.313. The number of aryl methyl sites for hydroxylation is 1. The molecule has 0 saturated heterocycles. The molecule has 3 rings (SSSR count). The van der Waals surface area contributed by atoms with Gasteiger partial charge in [-0.25, -0.2) is 4.39 Å². The van der Waals surface area contributed by atoms with E-state index in [0.29, 0.717) is 24.6 Å². The average molecular weight is 311 g/mol. The molecule has 1 aromatic heterocycles. The largest absolute Gasteiger partial charge is 0.385 e. The number of rotatable bonds is 7. The molecule has 0 spiro atoms. The molecule has 1 aromatic carbocycles. The first-order chi connectivity index (χ1) is 10.2. The summed E-state index contributed by atoms with van der Waals surface area (Å²) in [5.41, 5.74) is 1.74. The third-order valence-corrected chi connectivity index (χ3v) is 4.34. The Balaban J connectivity index is 1.87. The Kier molecular flexibility index (Phi) is 4.48. The van der Waals surface area contributed by atoms with Crippen LogP contribution in [0.15, 0.2) is 18.3 Å². The summed E-state index contributed by atoms with van der Waals surface area (Å²) in [4.78, 5) is 0. The van der Waals surface area contributed by atoms with Gasteiger partial charge in [0.25, 0.3) is 0 Å².